The topological polar surface area (TPSA) is 50.4 Å². The Morgan fingerprint density at radius 3 is 2.50 bits per heavy atom. The van der Waals surface area contributed by atoms with Crippen LogP contribution >= 0.6 is 23.8 Å². The predicted octanol–water partition coefficient (Wildman–Crippen LogP) is 5.20. The number of hydrogen-bond acceptors (Lipinski definition) is 3. The van der Waals surface area contributed by atoms with Crippen molar-refractivity contribution in [2.45, 2.75) is 26.3 Å². The van der Waals surface area contributed by atoms with E-state index >= 15 is 0 Å². The molecule has 2 rings (SSSR count). The van der Waals surface area contributed by atoms with Crippen molar-refractivity contribution < 1.29 is 9.53 Å². The summed E-state index contributed by atoms with van der Waals surface area (Å²) in [6.45, 7) is 4.35. The first-order chi connectivity index (χ1) is 12.4. The van der Waals surface area contributed by atoms with E-state index in [1.54, 1.807) is 18.2 Å². The fraction of sp³-hybridized carbons (Fsp3) is 0.300. The number of thiocarbonyl (C=S) groups is 1. The van der Waals surface area contributed by atoms with Crippen LogP contribution in [0.4, 0.5) is 5.69 Å². The average Bonchev–Trinajstić information content (AvgIpc) is 2.62. The third-order valence-electron chi connectivity index (χ3n) is 3.84. The van der Waals surface area contributed by atoms with Gasteiger partial charge in [-0.05, 0) is 48.3 Å². The smallest absolute Gasteiger partial charge is 0.339 e. The molecule has 0 radical (unpaired) electrons. The molecular weight excluding hydrogens is 368 g/mol. The molecule has 1 atom stereocenters. The first kappa shape index (κ1) is 20.2. The van der Waals surface area contributed by atoms with Crippen molar-refractivity contribution >= 4 is 40.6 Å². The molecule has 0 saturated heterocycles. The van der Waals surface area contributed by atoms with Gasteiger partial charge in [-0.25, -0.2) is 4.79 Å². The lowest BCUT2D eigenvalue weighted by atomic mass is 9.97. The minimum atomic E-state index is -0.487. The molecular formula is C20H23ClN2O2S. The molecule has 6 heteroatoms. The number of carbonyl (C=O) groups excluding carboxylic acids is 1. The predicted molar refractivity (Wildman–Crippen MR) is 111 cm³/mol. The van der Waals surface area contributed by atoms with Gasteiger partial charge in [0.1, 0.15) is 0 Å². The van der Waals surface area contributed by atoms with Crippen LogP contribution in [-0.2, 0) is 4.74 Å². The molecule has 0 aliphatic heterocycles. The van der Waals surface area contributed by atoms with Crippen molar-refractivity contribution in [3.63, 3.8) is 0 Å². The Balaban J connectivity index is 2.12. The van der Waals surface area contributed by atoms with Crippen molar-refractivity contribution in [3.8, 4) is 0 Å². The summed E-state index contributed by atoms with van der Waals surface area (Å²) in [6, 6.07) is 15.3. The first-order valence-electron chi connectivity index (χ1n) is 8.41. The van der Waals surface area contributed by atoms with Gasteiger partial charge in [-0.2, -0.15) is 0 Å². The molecule has 2 aromatic carbocycles. The van der Waals surface area contributed by atoms with Crippen molar-refractivity contribution in [1.29, 1.82) is 0 Å². The molecule has 0 spiro atoms. The number of nitrogens with one attached hydrogen (secondary N) is 2. The Bertz CT molecular complexity index is 766. The lowest BCUT2D eigenvalue weighted by Gasteiger charge is -2.23. The van der Waals surface area contributed by atoms with Gasteiger partial charge in [-0.3, -0.25) is 0 Å². The van der Waals surface area contributed by atoms with Crippen LogP contribution in [-0.4, -0.2) is 18.2 Å². The number of ether oxygens (including phenoxy) is 1. The van der Waals surface area contributed by atoms with E-state index in [9.17, 15) is 4.79 Å². The van der Waals surface area contributed by atoms with E-state index in [1.165, 1.54) is 12.7 Å². The third-order valence-corrected chi connectivity index (χ3v) is 4.39. The lowest BCUT2D eigenvalue weighted by Crippen LogP contribution is -2.33. The molecule has 138 valence electrons. The summed E-state index contributed by atoms with van der Waals surface area (Å²) in [7, 11) is 1.32. The van der Waals surface area contributed by atoms with Crippen LogP contribution in [0.3, 0.4) is 0 Å². The SMILES string of the molecule is COC(=O)c1cc(NC(=S)N[C@H](CC(C)C)c2ccccc2)ccc1Cl. The van der Waals surface area contributed by atoms with E-state index in [2.05, 4.69) is 36.6 Å². The maximum absolute atomic E-state index is 11.8. The normalized spacial score (nSPS) is 11.7. The average molecular weight is 391 g/mol. The highest BCUT2D eigenvalue weighted by atomic mass is 35.5. The Morgan fingerprint density at radius 2 is 1.88 bits per heavy atom. The number of carbonyl (C=O) groups is 1. The first-order valence-corrected chi connectivity index (χ1v) is 9.19. The van der Waals surface area contributed by atoms with Crippen molar-refractivity contribution in [3.05, 3.63) is 64.7 Å². The molecule has 0 bridgehead atoms. The van der Waals surface area contributed by atoms with Gasteiger partial charge < -0.3 is 15.4 Å². The van der Waals surface area contributed by atoms with Crippen molar-refractivity contribution in [2.75, 3.05) is 12.4 Å². The summed E-state index contributed by atoms with van der Waals surface area (Å²) in [5.74, 6) is 0.0245. The Labute approximate surface area is 164 Å². The van der Waals surface area contributed by atoms with E-state index in [0.29, 0.717) is 27.3 Å². The van der Waals surface area contributed by atoms with Crippen LogP contribution in [0.15, 0.2) is 48.5 Å². The highest BCUT2D eigenvalue weighted by Gasteiger charge is 2.16. The second kappa shape index (κ2) is 9.55. The number of methoxy groups -OCH3 is 1. The summed E-state index contributed by atoms with van der Waals surface area (Å²) < 4.78 is 4.74. The molecule has 2 aromatic rings. The molecule has 0 saturated carbocycles. The fourth-order valence-corrected chi connectivity index (χ4v) is 3.08. The van der Waals surface area contributed by atoms with E-state index in [0.717, 1.165) is 6.42 Å². The third kappa shape index (κ3) is 5.71. The molecule has 0 aromatic heterocycles. The molecule has 4 nitrogen and oxygen atoms in total. The number of anilines is 1. The highest BCUT2D eigenvalue weighted by molar-refractivity contribution is 7.80. The Hall–Kier alpha value is -2.11. The summed E-state index contributed by atoms with van der Waals surface area (Å²) in [6.07, 6.45) is 0.944. The number of benzene rings is 2. The highest BCUT2D eigenvalue weighted by Crippen LogP contribution is 2.23. The van der Waals surface area contributed by atoms with Crippen molar-refractivity contribution in [1.82, 2.24) is 5.32 Å². The maximum Gasteiger partial charge on any atom is 0.339 e. The van der Waals surface area contributed by atoms with Crippen LogP contribution in [0.5, 0.6) is 0 Å². The van der Waals surface area contributed by atoms with Crippen LogP contribution in [0.1, 0.15) is 42.2 Å². The molecule has 0 aliphatic rings. The van der Waals surface area contributed by atoms with Crippen molar-refractivity contribution in [2.24, 2.45) is 5.92 Å². The Kier molecular flexibility index (Phi) is 7.42. The molecule has 0 aliphatic carbocycles. The number of hydrogen-bond donors (Lipinski definition) is 2. The molecule has 0 amide bonds. The van der Waals surface area contributed by atoms with Crippen LogP contribution < -0.4 is 10.6 Å². The zero-order chi connectivity index (χ0) is 19.1. The molecule has 26 heavy (non-hydrogen) atoms. The van der Waals surface area contributed by atoms with Crippen LogP contribution in [0.2, 0.25) is 5.02 Å². The monoisotopic (exact) mass is 390 g/mol. The zero-order valence-corrected chi connectivity index (χ0v) is 16.7. The molecule has 0 unspecified atom stereocenters. The maximum atomic E-state index is 11.8. The van der Waals surface area contributed by atoms with E-state index < -0.39 is 5.97 Å². The summed E-state index contributed by atoms with van der Waals surface area (Å²) in [4.78, 5) is 11.8. The van der Waals surface area contributed by atoms with E-state index in [4.69, 9.17) is 28.6 Å². The summed E-state index contributed by atoms with van der Waals surface area (Å²) >= 11 is 11.5. The summed E-state index contributed by atoms with van der Waals surface area (Å²) in [5.41, 5.74) is 2.14. The van der Waals surface area contributed by atoms with Gasteiger partial charge in [0.05, 0.1) is 23.7 Å². The van der Waals surface area contributed by atoms with Gasteiger partial charge in [0, 0.05) is 5.69 Å². The van der Waals surface area contributed by atoms with E-state index in [1.807, 2.05) is 18.2 Å². The zero-order valence-electron chi connectivity index (χ0n) is 15.1. The van der Waals surface area contributed by atoms with Crippen LogP contribution in [0, 0.1) is 5.92 Å². The molecule has 0 fully saturated rings. The van der Waals surface area contributed by atoms with Gasteiger partial charge in [0.25, 0.3) is 0 Å². The minimum Gasteiger partial charge on any atom is -0.465 e. The second-order valence-corrected chi connectivity index (χ2v) is 7.19. The lowest BCUT2D eigenvalue weighted by molar-refractivity contribution is 0.0601. The quantitative estimate of drug-likeness (QED) is 0.524. The van der Waals surface area contributed by atoms with E-state index in [-0.39, 0.29) is 6.04 Å². The van der Waals surface area contributed by atoms with Gasteiger partial charge in [-0.15, -0.1) is 0 Å². The molecule has 0 heterocycles. The largest absolute Gasteiger partial charge is 0.465 e. The number of rotatable bonds is 6. The van der Waals surface area contributed by atoms with Gasteiger partial charge >= 0.3 is 5.97 Å². The second-order valence-electron chi connectivity index (χ2n) is 6.38. The van der Waals surface area contributed by atoms with Gasteiger partial charge in [0.15, 0.2) is 5.11 Å². The summed E-state index contributed by atoms with van der Waals surface area (Å²) in [5, 5.41) is 7.30. The standard InChI is InChI=1S/C20H23ClN2O2S/c1-13(2)11-18(14-7-5-4-6-8-14)23-20(26)22-15-9-10-17(21)16(12-15)19(24)25-3/h4-10,12-13,18H,11H2,1-3H3,(H2,22,23,26)/t18-/m1/s1. The fourth-order valence-electron chi connectivity index (χ4n) is 2.63. The van der Waals surface area contributed by atoms with Crippen LogP contribution in [0.25, 0.3) is 0 Å². The molecule has 2 N–H and O–H groups in total. The van der Waals surface area contributed by atoms with Gasteiger partial charge in [-0.1, -0.05) is 55.8 Å². The van der Waals surface area contributed by atoms with Gasteiger partial charge in [0.2, 0.25) is 0 Å². The number of halogens is 1. The minimum absolute atomic E-state index is 0.101. The Morgan fingerprint density at radius 1 is 1.19 bits per heavy atom. The number of esters is 1.